The fraction of sp³-hybridized carbons (Fsp3) is 0.154. The third-order valence-corrected chi connectivity index (χ3v) is 3.27. The molecule has 3 heteroatoms. The Balaban J connectivity index is 2.48. The van der Waals surface area contributed by atoms with Crippen molar-refractivity contribution in [3.8, 4) is 11.3 Å². The summed E-state index contributed by atoms with van der Waals surface area (Å²) >= 11 is 0. The fourth-order valence-corrected chi connectivity index (χ4v) is 2.10. The molecule has 2 aromatic rings. The first-order valence-electron chi connectivity index (χ1n) is 5.04. The standard InChI is InChI=1S/C13H13NOS/c1-10-5-3-8-13(14-10)11-6-4-7-12(9-11)16(2)15/h3-9H,1-2H3. The second-order valence-corrected chi connectivity index (χ2v) is 5.03. The van der Waals surface area contributed by atoms with Crippen molar-refractivity contribution in [3.05, 3.63) is 48.2 Å². The lowest BCUT2D eigenvalue weighted by Crippen LogP contribution is -1.90. The lowest BCUT2D eigenvalue weighted by Gasteiger charge is -2.03. The van der Waals surface area contributed by atoms with Crippen molar-refractivity contribution in [3.63, 3.8) is 0 Å². The Hall–Kier alpha value is -1.48. The van der Waals surface area contributed by atoms with Crippen molar-refractivity contribution >= 4 is 10.8 Å². The van der Waals surface area contributed by atoms with Gasteiger partial charge in [0.25, 0.3) is 0 Å². The molecule has 0 spiro atoms. The predicted molar refractivity (Wildman–Crippen MR) is 66.7 cm³/mol. The fourth-order valence-electron chi connectivity index (χ4n) is 1.54. The Morgan fingerprint density at radius 1 is 1.12 bits per heavy atom. The molecule has 1 heterocycles. The lowest BCUT2D eigenvalue weighted by atomic mass is 10.1. The SMILES string of the molecule is Cc1cccc(-c2cccc(S(C)=O)c2)n1. The van der Waals surface area contributed by atoms with Crippen LogP contribution in [0.25, 0.3) is 11.3 Å². The predicted octanol–water partition coefficient (Wildman–Crippen LogP) is 2.79. The van der Waals surface area contributed by atoms with Crippen LogP contribution in [0.5, 0.6) is 0 Å². The number of hydrogen-bond acceptors (Lipinski definition) is 2. The van der Waals surface area contributed by atoms with Crippen LogP contribution in [0.3, 0.4) is 0 Å². The van der Waals surface area contributed by atoms with E-state index < -0.39 is 10.8 Å². The highest BCUT2D eigenvalue weighted by Gasteiger charge is 2.02. The summed E-state index contributed by atoms with van der Waals surface area (Å²) in [4.78, 5) is 5.28. The van der Waals surface area contributed by atoms with E-state index in [0.29, 0.717) is 0 Å². The quantitative estimate of drug-likeness (QED) is 0.795. The summed E-state index contributed by atoms with van der Waals surface area (Å²) in [7, 11) is -0.946. The van der Waals surface area contributed by atoms with E-state index in [9.17, 15) is 4.21 Å². The largest absolute Gasteiger partial charge is 0.255 e. The van der Waals surface area contributed by atoms with Crippen molar-refractivity contribution in [2.45, 2.75) is 11.8 Å². The summed E-state index contributed by atoms with van der Waals surface area (Å²) in [5, 5.41) is 0. The number of benzene rings is 1. The van der Waals surface area contributed by atoms with Crippen LogP contribution in [-0.2, 0) is 10.8 Å². The summed E-state index contributed by atoms with van der Waals surface area (Å²) in [5.41, 5.74) is 2.92. The second kappa shape index (κ2) is 4.58. The molecule has 2 rings (SSSR count). The molecule has 0 saturated carbocycles. The summed E-state index contributed by atoms with van der Waals surface area (Å²) in [5.74, 6) is 0. The second-order valence-electron chi connectivity index (χ2n) is 3.65. The van der Waals surface area contributed by atoms with Crippen molar-refractivity contribution in [2.24, 2.45) is 0 Å². The minimum atomic E-state index is -0.946. The van der Waals surface area contributed by atoms with Gasteiger partial charge in [0.15, 0.2) is 0 Å². The van der Waals surface area contributed by atoms with Crippen LogP contribution in [0.4, 0.5) is 0 Å². The van der Waals surface area contributed by atoms with E-state index in [1.54, 1.807) is 6.26 Å². The number of aromatic nitrogens is 1. The highest BCUT2D eigenvalue weighted by molar-refractivity contribution is 7.84. The smallest absolute Gasteiger partial charge is 0.0705 e. The molecule has 0 aliphatic rings. The molecule has 2 nitrogen and oxygen atoms in total. The van der Waals surface area contributed by atoms with Gasteiger partial charge >= 0.3 is 0 Å². The Kier molecular flexibility index (Phi) is 3.15. The maximum Gasteiger partial charge on any atom is 0.0705 e. The minimum absolute atomic E-state index is 0.834. The van der Waals surface area contributed by atoms with E-state index in [-0.39, 0.29) is 0 Å². The molecule has 0 fully saturated rings. The Labute approximate surface area is 97.8 Å². The van der Waals surface area contributed by atoms with E-state index in [4.69, 9.17) is 0 Å². The van der Waals surface area contributed by atoms with Gasteiger partial charge in [-0.3, -0.25) is 9.19 Å². The monoisotopic (exact) mass is 231 g/mol. The number of aryl methyl sites for hydroxylation is 1. The molecule has 0 bridgehead atoms. The summed E-state index contributed by atoms with van der Waals surface area (Å²) in [6.45, 7) is 1.96. The number of rotatable bonds is 2. The van der Waals surface area contributed by atoms with E-state index >= 15 is 0 Å². The molecular formula is C13H13NOS. The highest BCUT2D eigenvalue weighted by Crippen LogP contribution is 2.19. The zero-order chi connectivity index (χ0) is 11.5. The first-order valence-corrected chi connectivity index (χ1v) is 6.60. The van der Waals surface area contributed by atoms with Crippen LogP contribution in [0, 0.1) is 6.92 Å². The molecule has 0 radical (unpaired) electrons. The molecule has 0 aliphatic heterocycles. The zero-order valence-corrected chi connectivity index (χ0v) is 10.1. The van der Waals surface area contributed by atoms with Gasteiger partial charge in [0.2, 0.25) is 0 Å². The molecule has 1 aromatic heterocycles. The van der Waals surface area contributed by atoms with Gasteiger partial charge in [0.1, 0.15) is 0 Å². The van der Waals surface area contributed by atoms with Crippen LogP contribution in [0.15, 0.2) is 47.4 Å². The number of nitrogens with zero attached hydrogens (tertiary/aromatic N) is 1. The van der Waals surface area contributed by atoms with Crippen molar-refractivity contribution in [2.75, 3.05) is 6.26 Å². The molecule has 0 N–H and O–H groups in total. The van der Waals surface area contributed by atoms with E-state index in [0.717, 1.165) is 21.8 Å². The van der Waals surface area contributed by atoms with E-state index in [2.05, 4.69) is 4.98 Å². The molecule has 1 aromatic carbocycles. The van der Waals surface area contributed by atoms with Crippen molar-refractivity contribution in [1.29, 1.82) is 0 Å². The van der Waals surface area contributed by atoms with E-state index in [1.807, 2.05) is 49.4 Å². The van der Waals surface area contributed by atoms with Crippen LogP contribution >= 0.6 is 0 Å². The first-order chi connectivity index (χ1) is 7.66. The Morgan fingerprint density at radius 2 is 1.88 bits per heavy atom. The summed E-state index contributed by atoms with van der Waals surface area (Å²) in [6.07, 6.45) is 1.68. The minimum Gasteiger partial charge on any atom is -0.255 e. The molecule has 1 unspecified atom stereocenters. The normalized spacial score (nSPS) is 12.4. The maximum atomic E-state index is 11.4. The van der Waals surface area contributed by atoms with Crippen molar-refractivity contribution < 1.29 is 4.21 Å². The lowest BCUT2D eigenvalue weighted by molar-refractivity contribution is 0.687. The topological polar surface area (TPSA) is 30.0 Å². The van der Waals surface area contributed by atoms with Crippen molar-refractivity contribution in [1.82, 2.24) is 4.98 Å². The Morgan fingerprint density at radius 3 is 2.56 bits per heavy atom. The first kappa shape index (κ1) is 11.0. The number of hydrogen-bond donors (Lipinski definition) is 0. The molecule has 16 heavy (non-hydrogen) atoms. The van der Waals surface area contributed by atoms with Gasteiger partial charge in [0, 0.05) is 33.2 Å². The third-order valence-electron chi connectivity index (χ3n) is 2.35. The summed E-state index contributed by atoms with van der Waals surface area (Å²) in [6, 6.07) is 13.6. The molecule has 1 atom stereocenters. The van der Waals surface area contributed by atoms with E-state index in [1.165, 1.54) is 0 Å². The van der Waals surface area contributed by atoms with Gasteiger partial charge in [-0.1, -0.05) is 18.2 Å². The van der Waals surface area contributed by atoms with Crippen LogP contribution < -0.4 is 0 Å². The molecule has 82 valence electrons. The summed E-state index contributed by atoms with van der Waals surface area (Å²) < 4.78 is 11.4. The Bertz CT molecular complexity index is 537. The van der Waals surface area contributed by atoms with Gasteiger partial charge in [-0.05, 0) is 31.2 Å². The molecule has 0 amide bonds. The number of pyridine rings is 1. The van der Waals surface area contributed by atoms with Gasteiger partial charge in [-0.15, -0.1) is 0 Å². The average molecular weight is 231 g/mol. The molecule has 0 saturated heterocycles. The average Bonchev–Trinajstić information content (AvgIpc) is 2.29. The molecule has 0 aliphatic carbocycles. The van der Waals surface area contributed by atoms with Gasteiger partial charge < -0.3 is 0 Å². The van der Waals surface area contributed by atoms with Crippen LogP contribution in [0.2, 0.25) is 0 Å². The van der Waals surface area contributed by atoms with Gasteiger partial charge in [-0.25, -0.2) is 0 Å². The highest BCUT2D eigenvalue weighted by atomic mass is 32.2. The van der Waals surface area contributed by atoms with Gasteiger partial charge in [0.05, 0.1) is 5.69 Å². The van der Waals surface area contributed by atoms with Crippen LogP contribution in [0.1, 0.15) is 5.69 Å². The zero-order valence-electron chi connectivity index (χ0n) is 9.31. The third kappa shape index (κ3) is 2.36. The molecular weight excluding hydrogens is 218 g/mol. The maximum absolute atomic E-state index is 11.4. The van der Waals surface area contributed by atoms with Crippen LogP contribution in [-0.4, -0.2) is 15.4 Å². The van der Waals surface area contributed by atoms with Gasteiger partial charge in [-0.2, -0.15) is 0 Å².